The number of carbonyl (C=O) groups excluding carboxylic acids is 2. The first-order valence-electron chi connectivity index (χ1n) is 6.37. The zero-order valence-electron chi connectivity index (χ0n) is 10.1. The number of Topliss-reactive ketones (excluding diaryl/α,β-unsaturated/α-hetero) is 1. The molecule has 1 aromatic carbocycles. The third-order valence-corrected chi connectivity index (χ3v) is 3.69. The Morgan fingerprint density at radius 1 is 1.06 bits per heavy atom. The quantitative estimate of drug-likeness (QED) is 0.820. The van der Waals surface area contributed by atoms with E-state index >= 15 is 0 Å². The molecule has 0 aromatic heterocycles. The molecule has 92 valence electrons. The molecule has 1 aliphatic heterocycles. The molecule has 18 heavy (non-hydrogen) atoms. The fourth-order valence-electron chi connectivity index (χ4n) is 2.87. The van der Waals surface area contributed by atoms with Crippen LogP contribution in [0.15, 0.2) is 41.6 Å². The maximum Gasteiger partial charge on any atom is 0.225 e. The van der Waals surface area contributed by atoms with Crippen molar-refractivity contribution in [1.82, 2.24) is 5.32 Å². The minimum atomic E-state index is -0.0530. The molecule has 2 aliphatic rings. The second-order valence-electron chi connectivity index (χ2n) is 4.88. The van der Waals surface area contributed by atoms with Crippen molar-refractivity contribution in [1.29, 1.82) is 0 Å². The van der Waals surface area contributed by atoms with E-state index in [0.29, 0.717) is 12.8 Å². The number of amides is 1. The fourth-order valence-corrected chi connectivity index (χ4v) is 2.87. The Balaban J connectivity index is 2.07. The predicted molar refractivity (Wildman–Crippen MR) is 67.8 cm³/mol. The minimum absolute atomic E-state index is 0.0253. The lowest BCUT2D eigenvalue weighted by Gasteiger charge is -2.31. The molecule has 1 N–H and O–H groups in total. The third kappa shape index (κ3) is 1.86. The van der Waals surface area contributed by atoms with Gasteiger partial charge in [-0.3, -0.25) is 9.59 Å². The summed E-state index contributed by atoms with van der Waals surface area (Å²) in [6.45, 7) is 0. The van der Waals surface area contributed by atoms with Gasteiger partial charge in [-0.25, -0.2) is 0 Å². The Morgan fingerprint density at radius 3 is 2.61 bits per heavy atom. The summed E-state index contributed by atoms with van der Waals surface area (Å²) in [5.74, 6) is 0.171. The van der Waals surface area contributed by atoms with Gasteiger partial charge in [0, 0.05) is 30.0 Å². The van der Waals surface area contributed by atoms with Crippen molar-refractivity contribution in [3.8, 4) is 0 Å². The zero-order valence-corrected chi connectivity index (χ0v) is 10.1. The van der Waals surface area contributed by atoms with Crippen LogP contribution in [0.25, 0.3) is 0 Å². The monoisotopic (exact) mass is 241 g/mol. The van der Waals surface area contributed by atoms with Crippen molar-refractivity contribution in [3.63, 3.8) is 0 Å². The van der Waals surface area contributed by atoms with Crippen LogP contribution < -0.4 is 5.32 Å². The van der Waals surface area contributed by atoms with Gasteiger partial charge < -0.3 is 5.32 Å². The van der Waals surface area contributed by atoms with E-state index in [2.05, 4.69) is 5.32 Å². The maximum absolute atomic E-state index is 12.1. The maximum atomic E-state index is 12.1. The molecule has 3 heteroatoms. The Labute approximate surface area is 106 Å². The lowest BCUT2D eigenvalue weighted by atomic mass is 9.78. The van der Waals surface area contributed by atoms with Crippen LogP contribution in [0.1, 0.15) is 37.2 Å². The number of nitrogens with one attached hydrogen (secondary N) is 1. The predicted octanol–water partition coefficient (Wildman–Crippen LogP) is 2.30. The second kappa shape index (κ2) is 4.41. The van der Waals surface area contributed by atoms with Crippen LogP contribution >= 0.6 is 0 Å². The van der Waals surface area contributed by atoms with E-state index < -0.39 is 0 Å². The molecule has 1 aliphatic carbocycles. The fraction of sp³-hybridized carbons (Fsp3) is 0.333. The van der Waals surface area contributed by atoms with E-state index in [1.54, 1.807) is 0 Å². The molecule has 0 saturated heterocycles. The molecule has 0 radical (unpaired) electrons. The second-order valence-corrected chi connectivity index (χ2v) is 4.88. The first-order valence-corrected chi connectivity index (χ1v) is 6.37. The Kier molecular flexibility index (Phi) is 2.74. The highest BCUT2D eigenvalue weighted by Gasteiger charge is 2.34. The van der Waals surface area contributed by atoms with Crippen molar-refractivity contribution in [2.24, 2.45) is 0 Å². The van der Waals surface area contributed by atoms with Crippen molar-refractivity contribution in [3.05, 3.63) is 47.2 Å². The summed E-state index contributed by atoms with van der Waals surface area (Å²) in [6, 6.07) is 9.85. The largest absolute Gasteiger partial charge is 0.329 e. The molecule has 1 heterocycles. The molecular formula is C15H15NO2. The molecular weight excluding hydrogens is 226 g/mol. The normalized spacial score (nSPS) is 23.7. The Bertz CT molecular complexity index is 531. The number of benzene rings is 1. The van der Waals surface area contributed by atoms with Crippen LogP contribution in [0.5, 0.6) is 0 Å². The third-order valence-electron chi connectivity index (χ3n) is 3.69. The summed E-state index contributed by atoms with van der Waals surface area (Å²) in [5, 5.41) is 2.87. The van der Waals surface area contributed by atoms with Crippen molar-refractivity contribution in [2.75, 3.05) is 0 Å². The van der Waals surface area contributed by atoms with E-state index in [1.807, 2.05) is 30.3 Å². The number of rotatable bonds is 1. The minimum Gasteiger partial charge on any atom is -0.329 e. The van der Waals surface area contributed by atoms with Crippen LogP contribution in [0.4, 0.5) is 0 Å². The van der Waals surface area contributed by atoms with Crippen LogP contribution in [-0.2, 0) is 9.59 Å². The molecule has 0 unspecified atom stereocenters. The topological polar surface area (TPSA) is 46.2 Å². The summed E-state index contributed by atoms with van der Waals surface area (Å²) in [7, 11) is 0. The molecule has 0 fully saturated rings. The smallest absolute Gasteiger partial charge is 0.225 e. The van der Waals surface area contributed by atoms with Crippen molar-refractivity contribution in [2.45, 2.75) is 31.6 Å². The highest BCUT2D eigenvalue weighted by molar-refractivity contribution is 6.01. The molecule has 0 bridgehead atoms. The van der Waals surface area contributed by atoms with Gasteiger partial charge in [0.25, 0.3) is 0 Å². The van der Waals surface area contributed by atoms with Gasteiger partial charge in [-0.2, -0.15) is 0 Å². The molecule has 1 amide bonds. The van der Waals surface area contributed by atoms with Gasteiger partial charge in [0.2, 0.25) is 5.91 Å². The van der Waals surface area contributed by atoms with Gasteiger partial charge in [0.05, 0.1) is 0 Å². The van der Waals surface area contributed by atoms with Crippen LogP contribution in [0.3, 0.4) is 0 Å². The zero-order chi connectivity index (χ0) is 12.5. The molecule has 3 rings (SSSR count). The first-order chi connectivity index (χ1) is 8.75. The average Bonchev–Trinajstić information content (AvgIpc) is 2.39. The number of hydrogen-bond acceptors (Lipinski definition) is 2. The molecule has 0 saturated carbocycles. The Hall–Kier alpha value is -1.90. The molecule has 3 nitrogen and oxygen atoms in total. The summed E-state index contributed by atoms with van der Waals surface area (Å²) in [4.78, 5) is 23.9. The van der Waals surface area contributed by atoms with Gasteiger partial charge >= 0.3 is 0 Å². The molecule has 1 aromatic rings. The SMILES string of the molecule is O=C1C[C@H](c2ccccc2)C2=C(CCCC2=O)N1. The van der Waals surface area contributed by atoms with Crippen molar-refractivity contribution < 1.29 is 9.59 Å². The summed E-state index contributed by atoms with van der Waals surface area (Å²) >= 11 is 0. The Morgan fingerprint density at radius 2 is 1.83 bits per heavy atom. The van der Waals surface area contributed by atoms with Crippen LogP contribution in [0.2, 0.25) is 0 Å². The summed E-state index contributed by atoms with van der Waals surface area (Å²) in [5.41, 5.74) is 2.76. The van der Waals surface area contributed by atoms with Crippen molar-refractivity contribution >= 4 is 11.7 Å². The lowest BCUT2D eigenvalue weighted by molar-refractivity contribution is -0.122. The van der Waals surface area contributed by atoms with E-state index in [9.17, 15) is 9.59 Å². The average molecular weight is 241 g/mol. The number of ketones is 1. The van der Waals surface area contributed by atoms with Gasteiger partial charge in [-0.05, 0) is 18.4 Å². The van der Waals surface area contributed by atoms with E-state index in [-0.39, 0.29) is 17.6 Å². The van der Waals surface area contributed by atoms with Gasteiger partial charge in [0.15, 0.2) is 5.78 Å². The standard InChI is InChI=1S/C15H15NO2/c17-13-8-4-7-12-15(13)11(9-14(18)16-12)10-5-2-1-3-6-10/h1-3,5-6,11H,4,7-9H2,(H,16,18)/t11-/m1/s1. The number of hydrogen-bond donors (Lipinski definition) is 1. The lowest BCUT2D eigenvalue weighted by Crippen LogP contribution is -2.36. The van der Waals surface area contributed by atoms with Gasteiger partial charge in [-0.1, -0.05) is 30.3 Å². The van der Waals surface area contributed by atoms with Gasteiger partial charge in [-0.15, -0.1) is 0 Å². The van der Waals surface area contributed by atoms with Crippen LogP contribution in [0, 0.1) is 0 Å². The number of allylic oxidation sites excluding steroid dienone is 2. The first kappa shape index (κ1) is 11.2. The van der Waals surface area contributed by atoms with E-state index in [0.717, 1.165) is 29.7 Å². The molecule has 1 atom stereocenters. The number of carbonyl (C=O) groups is 2. The summed E-state index contributed by atoms with van der Waals surface area (Å²) in [6.07, 6.45) is 2.65. The molecule has 0 spiro atoms. The summed E-state index contributed by atoms with van der Waals surface area (Å²) < 4.78 is 0. The van der Waals surface area contributed by atoms with E-state index in [4.69, 9.17) is 0 Å². The highest BCUT2D eigenvalue weighted by atomic mass is 16.2. The van der Waals surface area contributed by atoms with Gasteiger partial charge in [0.1, 0.15) is 0 Å². The van der Waals surface area contributed by atoms with E-state index in [1.165, 1.54) is 0 Å². The highest BCUT2D eigenvalue weighted by Crippen LogP contribution is 2.37. The van der Waals surface area contributed by atoms with Crippen LogP contribution in [-0.4, -0.2) is 11.7 Å².